The zero-order chi connectivity index (χ0) is 22.5. The quantitative estimate of drug-likeness (QED) is 0.188. The van der Waals surface area contributed by atoms with Gasteiger partial charge in [-0.1, -0.05) is 72.3 Å². The molecular formula is C26H19N3O2S. The lowest BCUT2D eigenvalue weighted by atomic mass is 9.98. The maximum atomic E-state index is 10.9. The zero-order valence-electron chi connectivity index (χ0n) is 17.4. The molecule has 156 valence electrons. The maximum Gasteiger partial charge on any atom is 0.269 e. The van der Waals surface area contributed by atoms with Crippen LogP contribution in [0, 0.1) is 28.4 Å². The molecule has 1 aromatic heterocycles. The van der Waals surface area contributed by atoms with Gasteiger partial charge in [0.2, 0.25) is 0 Å². The highest BCUT2D eigenvalue weighted by Gasteiger charge is 2.16. The first-order valence-corrected chi connectivity index (χ1v) is 11.0. The summed E-state index contributed by atoms with van der Waals surface area (Å²) in [6.45, 7) is 2.03. The number of nitrogens with zero attached hydrogens (tertiary/aromatic N) is 3. The molecule has 0 aliphatic rings. The average Bonchev–Trinajstić information content (AvgIpc) is 2.83. The summed E-state index contributed by atoms with van der Waals surface area (Å²) in [4.78, 5) is 15.3. The Balaban J connectivity index is 1.76. The van der Waals surface area contributed by atoms with Gasteiger partial charge in [-0.2, -0.15) is 5.26 Å². The second-order valence-corrected chi connectivity index (χ2v) is 8.26. The SMILES string of the molecule is Cc1ccc(-c2cc(-c3ccccc3)nc(SCc3ccc([N+](=O)[O-])cc3)c2C#N)cc1. The van der Waals surface area contributed by atoms with E-state index in [-0.39, 0.29) is 5.69 Å². The number of nitro groups is 1. The van der Waals surface area contributed by atoms with Crippen LogP contribution >= 0.6 is 11.8 Å². The van der Waals surface area contributed by atoms with Crippen molar-refractivity contribution in [2.45, 2.75) is 17.7 Å². The van der Waals surface area contributed by atoms with Crippen molar-refractivity contribution in [1.29, 1.82) is 5.26 Å². The van der Waals surface area contributed by atoms with Crippen molar-refractivity contribution in [3.63, 3.8) is 0 Å². The predicted octanol–water partition coefficient (Wildman–Crippen LogP) is 6.80. The summed E-state index contributed by atoms with van der Waals surface area (Å²) in [7, 11) is 0. The minimum atomic E-state index is -0.413. The molecule has 0 radical (unpaired) electrons. The molecule has 0 amide bonds. The third-order valence-electron chi connectivity index (χ3n) is 5.05. The number of pyridine rings is 1. The summed E-state index contributed by atoms with van der Waals surface area (Å²) < 4.78 is 0. The lowest BCUT2D eigenvalue weighted by Crippen LogP contribution is -1.96. The molecule has 5 nitrogen and oxygen atoms in total. The van der Waals surface area contributed by atoms with Gasteiger partial charge >= 0.3 is 0 Å². The summed E-state index contributed by atoms with van der Waals surface area (Å²) in [6, 6.07) is 28.7. The number of hydrogen-bond donors (Lipinski definition) is 0. The largest absolute Gasteiger partial charge is 0.269 e. The predicted molar refractivity (Wildman–Crippen MR) is 127 cm³/mol. The number of rotatable bonds is 6. The van der Waals surface area contributed by atoms with Gasteiger partial charge in [-0.25, -0.2) is 4.98 Å². The molecule has 32 heavy (non-hydrogen) atoms. The van der Waals surface area contributed by atoms with Crippen LogP contribution in [0.2, 0.25) is 0 Å². The van der Waals surface area contributed by atoms with Crippen LogP contribution < -0.4 is 0 Å². The van der Waals surface area contributed by atoms with E-state index in [9.17, 15) is 15.4 Å². The number of aryl methyl sites for hydroxylation is 1. The summed E-state index contributed by atoms with van der Waals surface area (Å²) in [5, 5.41) is 21.5. The molecule has 0 aliphatic carbocycles. The molecule has 0 aliphatic heterocycles. The van der Waals surface area contributed by atoms with E-state index in [0.29, 0.717) is 16.3 Å². The third kappa shape index (κ3) is 4.69. The van der Waals surface area contributed by atoms with E-state index in [4.69, 9.17) is 4.98 Å². The molecule has 0 saturated heterocycles. The van der Waals surface area contributed by atoms with Gasteiger partial charge in [-0.3, -0.25) is 10.1 Å². The van der Waals surface area contributed by atoms with Crippen molar-refractivity contribution in [2.24, 2.45) is 0 Å². The van der Waals surface area contributed by atoms with Crippen molar-refractivity contribution in [3.05, 3.63) is 112 Å². The van der Waals surface area contributed by atoms with Crippen LogP contribution in [0.15, 0.2) is 90.0 Å². The van der Waals surface area contributed by atoms with E-state index in [1.165, 1.54) is 23.9 Å². The molecule has 0 bridgehead atoms. The number of aromatic nitrogens is 1. The molecule has 4 rings (SSSR count). The molecule has 0 saturated carbocycles. The molecule has 0 N–H and O–H groups in total. The van der Waals surface area contributed by atoms with Crippen LogP contribution in [0.4, 0.5) is 5.69 Å². The Morgan fingerprint density at radius 2 is 1.66 bits per heavy atom. The lowest BCUT2D eigenvalue weighted by Gasteiger charge is -2.13. The number of nitro benzene ring substituents is 1. The Hall–Kier alpha value is -3.95. The van der Waals surface area contributed by atoms with E-state index in [2.05, 4.69) is 6.07 Å². The van der Waals surface area contributed by atoms with E-state index in [1.807, 2.05) is 67.6 Å². The fourth-order valence-corrected chi connectivity index (χ4v) is 4.28. The van der Waals surface area contributed by atoms with Gasteiger partial charge in [0.25, 0.3) is 5.69 Å². The monoisotopic (exact) mass is 437 g/mol. The Bertz CT molecular complexity index is 1300. The first-order valence-electron chi connectivity index (χ1n) is 9.99. The summed E-state index contributed by atoms with van der Waals surface area (Å²) in [5.41, 5.74) is 6.24. The number of non-ortho nitro benzene ring substituents is 1. The minimum Gasteiger partial charge on any atom is -0.258 e. The first-order chi connectivity index (χ1) is 15.5. The van der Waals surface area contributed by atoms with E-state index in [1.54, 1.807) is 12.1 Å². The maximum absolute atomic E-state index is 10.9. The molecular weight excluding hydrogens is 418 g/mol. The summed E-state index contributed by atoms with van der Waals surface area (Å²) >= 11 is 1.46. The molecule has 1 heterocycles. The van der Waals surface area contributed by atoms with E-state index in [0.717, 1.165) is 33.5 Å². The number of nitriles is 1. The van der Waals surface area contributed by atoms with Crippen LogP contribution in [-0.4, -0.2) is 9.91 Å². The van der Waals surface area contributed by atoms with Gasteiger partial charge in [0.05, 0.1) is 16.2 Å². The number of thioether (sulfide) groups is 1. The highest BCUT2D eigenvalue weighted by Crippen LogP contribution is 2.35. The zero-order valence-corrected chi connectivity index (χ0v) is 18.2. The lowest BCUT2D eigenvalue weighted by molar-refractivity contribution is -0.384. The van der Waals surface area contributed by atoms with Gasteiger partial charge in [0.1, 0.15) is 11.1 Å². The molecule has 4 aromatic rings. The van der Waals surface area contributed by atoms with E-state index >= 15 is 0 Å². The number of hydrogen-bond acceptors (Lipinski definition) is 5. The minimum absolute atomic E-state index is 0.0577. The molecule has 0 unspecified atom stereocenters. The second kappa shape index (κ2) is 9.46. The molecule has 0 fully saturated rings. The second-order valence-electron chi connectivity index (χ2n) is 7.29. The van der Waals surface area contributed by atoms with Crippen molar-refractivity contribution in [1.82, 2.24) is 4.98 Å². The van der Waals surface area contributed by atoms with Gasteiger partial charge in [0.15, 0.2) is 0 Å². The van der Waals surface area contributed by atoms with Crippen molar-refractivity contribution >= 4 is 17.4 Å². The Labute approximate surface area is 190 Å². The van der Waals surface area contributed by atoms with Gasteiger partial charge in [0, 0.05) is 29.0 Å². The fraction of sp³-hybridized carbons (Fsp3) is 0.0769. The summed E-state index contributed by atoms with van der Waals surface area (Å²) in [5.74, 6) is 0.547. The Morgan fingerprint density at radius 1 is 0.969 bits per heavy atom. The highest BCUT2D eigenvalue weighted by molar-refractivity contribution is 7.98. The summed E-state index contributed by atoms with van der Waals surface area (Å²) in [6.07, 6.45) is 0. The molecule has 6 heteroatoms. The van der Waals surface area contributed by atoms with Crippen LogP contribution in [0.5, 0.6) is 0 Å². The van der Waals surface area contributed by atoms with Gasteiger partial charge < -0.3 is 0 Å². The Kier molecular flexibility index (Phi) is 6.29. The standard InChI is InChI=1S/C26H19N3O2S/c1-18-7-11-20(12-8-18)23-15-25(21-5-3-2-4-6-21)28-26(24(23)16-27)32-17-19-9-13-22(14-10-19)29(30)31/h2-15H,17H2,1H3. The number of benzene rings is 3. The van der Waals surface area contributed by atoms with Crippen molar-refractivity contribution < 1.29 is 4.92 Å². The fourth-order valence-electron chi connectivity index (χ4n) is 3.32. The highest BCUT2D eigenvalue weighted by atomic mass is 32.2. The third-order valence-corrected chi connectivity index (χ3v) is 6.10. The van der Waals surface area contributed by atoms with Crippen LogP contribution in [0.3, 0.4) is 0 Å². The van der Waals surface area contributed by atoms with Gasteiger partial charge in [-0.05, 0) is 24.1 Å². The topological polar surface area (TPSA) is 79.8 Å². The average molecular weight is 438 g/mol. The smallest absolute Gasteiger partial charge is 0.258 e. The molecule has 3 aromatic carbocycles. The Morgan fingerprint density at radius 3 is 2.28 bits per heavy atom. The van der Waals surface area contributed by atoms with Crippen LogP contribution in [-0.2, 0) is 5.75 Å². The van der Waals surface area contributed by atoms with E-state index < -0.39 is 4.92 Å². The van der Waals surface area contributed by atoms with Crippen LogP contribution in [0.1, 0.15) is 16.7 Å². The normalized spacial score (nSPS) is 10.5. The van der Waals surface area contributed by atoms with Crippen LogP contribution in [0.25, 0.3) is 22.4 Å². The molecule has 0 atom stereocenters. The van der Waals surface area contributed by atoms with Gasteiger partial charge in [-0.15, -0.1) is 11.8 Å². The van der Waals surface area contributed by atoms with Crippen molar-refractivity contribution in [2.75, 3.05) is 0 Å². The first kappa shape index (κ1) is 21.3. The molecule has 0 spiro atoms. The van der Waals surface area contributed by atoms with Crippen molar-refractivity contribution in [3.8, 4) is 28.5 Å².